The summed E-state index contributed by atoms with van der Waals surface area (Å²) < 4.78 is 0. The number of guanidine groups is 2. The molecule has 0 spiro atoms. The van der Waals surface area contributed by atoms with E-state index in [9.17, 15) is 58.2 Å². The third-order valence-corrected chi connectivity index (χ3v) is 15.0. The molecule has 5 rings (SSSR count). The number of carbonyl (C=O) groups excluding carboxylic acids is 9. The van der Waals surface area contributed by atoms with E-state index in [-0.39, 0.29) is 89.6 Å². The van der Waals surface area contributed by atoms with Crippen molar-refractivity contribution in [2.75, 3.05) is 52.4 Å². The highest BCUT2D eigenvalue weighted by Gasteiger charge is 2.44. The smallest absolute Gasteiger partial charge is 0.326 e. The largest absolute Gasteiger partial charge is 0.481 e. The number of carboxylic acids is 2. The van der Waals surface area contributed by atoms with E-state index in [0.29, 0.717) is 69.0 Å². The van der Waals surface area contributed by atoms with E-state index < -0.39 is 133 Å². The molecule has 0 saturated carbocycles. The standard InChI is InChI=1S/C56H85N17O12.C2H4O2/c57-24-8-7-18-36(58)46(76)67-37(19-9-25-63-55(59)60)51(81)73-29-13-23-44(73)53(83)72-28-11-21-42(72)49(79)65-32-45(75)66-39(30-34-14-3-1-4-15-34)47(77)70-41(33-74)52(82)71-27-12-22-43(71)50(80)69-40(31-35-16-5-2-6-17-35)48(78)68-38(54(84)85)20-10-26-64-56(61)62;1-2(3)4/h1-6,14-17,36-44,74H,7-13,18-33,57-58H2,(H,65,79)(H,66,75)(H,67,76)(H,68,78)(H,69,80)(H,70,77)(H,84,85)(H4,59,60,63)(H4,61,62,64);1H3,(H,3,4). The van der Waals surface area contributed by atoms with E-state index in [0.717, 1.165) is 6.92 Å². The first kappa shape index (κ1) is 72.5. The van der Waals surface area contributed by atoms with E-state index in [1.807, 2.05) is 0 Å². The Morgan fingerprint density at radius 3 is 1.51 bits per heavy atom. The highest BCUT2D eigenvalue weighted by Crippen LogP contribution is 2.27. The van der Waals surface area contributed by atoms with Gasteiger partial charge in [0.2, 0.25) is 53.2 Å². The van der Waals surface area contributed by atoms with Gasteiger partial charge in [0.25, 0.3) is 5.97 Å². The fourth-order valence-corrected chi connectivity index (χ4v) is 10.6. The van der Waals surface area contributed by atoms with Crippen LogP contribution in [-0.4, -0.2) is 214 Å². The fourth-order valence-electron chi connectivity index (χ4n) is 10.6. The Bertz CT molecular complexity index is 2770. The van der Waals surface area contributed by atoms with Crippen LogP contribution < -0.4 is 66.3 Å². The van der Waals surface area contributed by atoms with Crippen LogP contribution in [0.15, 0.2) is 70.6 Å². The van der Waals surface area contributed by atoms with E-state index in [4.69, 9.17) is 44.3 Å². The van der Waals surface area contributed by atoms with E-state index >= 15 is 0 Å². The Morgan fingerprint density at radius 2 is 1.00 bits per heavy atom. The summed E-state index contributed by atoms with van der Waals surface area (Å²) in [4.78, 5) is 159. The molecule has 2 aromatic carbocycles. The van der Waals surface area contributed by atoms with Crippen molar-refractivity contribution in [2.45, 2.75) is 158 Å². The van der Waals surface area contributed by atoms with Gasteiger partial charge in [0.05, 0.1) is 19.2 Å². The van der Waals surface area contributed by atoms with Gasteiger partial charge in [-0.3, -0.25) is 57.9 Å². The SMILES string of the molecule is CC(=O)O.NCCCCC(N)C(=O)NC(CCCN=C(N)N)C(=O)N1CCCC1C(=O)N1CCCC1C(=O)NCC(=O)NC(Cc1ccccc1)C(=O)NC(CO)C(=O)N1CCCC1C(=O)NC(Cc1ccccc1)C(=O)NC(CCCN=C(N)N)C(=O)O. The van der Waals surface area contributed by atoms with Gasteiger partial charge < -0.3 is 96.3 Å². The number of amides is 9. The van der Waals surface area contributed by atoms with Crippen LogP contribution in [0.3, 0.4) is 0 Å². The molecular formula is C58H89N17O14. The summed E-state index contributed by atoms with van der Waals surface area (Å²) in [7, 11) is 0. The van der Waals surface area contributed by atoms with Crippen LogP contribution >= 0.6 is 0 Å². The summed E-state index contributed by atoms with van der Waals surface area (Å²) in [6, 6.07) is 6.55. The van der Waals surface area contributed by atoms with Crippen molar-refractivity contribution < 1.29 is 68.1 Å². The second-order valence-electron chi connectivity index (χ2n) is 21.9. The van der Waals surface area contributed by atoms with E-state index in [2.05, 4.69) is 41.9 Å². The number of hydrogen-bond donors (Lipinski definition) is 15. The number of aliphatic imine (C=N–C) groups is 2. The molecule has 0 radical (unpaired) electrons. The van der Waals surface area contributed by atoms with Crippen LogP contribution in [0.2, 0.25) is 0 Å². The molecular weight excluding hydrogens is 1160 g/mol. The molecule has 89 heavy (non-hydrogen) atoms. The summed E-state index contributed by atoms with van der Waals surface area (Å²) >= 11 is 0. The molecule has 2 aromatic rings. The minimum atomic E-state index is -1.61. The summed E-state index contributed by atoms with van der Waals surface area (Å²) in [5.74, 6) is -8.69. The lowest BCUT2D eigenvalue weighted by Gasteiger charge is -2.33. The molecule has 9 amide bonds. The highest BCUT2D eigenvalue weighted by molar-refractivity contribution is 5.98. The Balaban J connectivity index is 0.00000410. The van der Waals surface area contributed by atoms with E-state index in [1.165, 1.54) is 14.7 Å². The lowest BCUT2D eigenvalue weighted by molar-refractivity contribution is -0.148. The zero-order valence-electron chi connectivity index (χ0n) is 50.3. The summed E-state index contributed by atoms with van der Waals surface area (Å²) in [5, 5.41) is 43.6. The summed E-state index contributed by atoms with van der Waals surface area (Å²) in [6.45, 7) is 0.708. The Morgan fingerprint density at radius 1 is 0.551 bits per heavy atom. The number of aliphatic hydroxyl groups excluding tert-OH is 1. The van der Waals surface area contributed by atoms with Gasteiger partial charge in [-0.2, -0.15) is 0 Å². The van der Waals surface area contributed by atoms with Crippen LogP contribution in [-0.2, 0) is 65.6 Å². The molecule has 31 heteroatoms. The maximum Gasteiger partial charge on any atom is 0.326 e. The molecule has 3 heterocycles. The predicted molar refractivity (Wildman–Crippen MR) is 326 cm³/mol. The first-order chi connectivity index (χ1) is 42.4. The summed E-state index contributed by atoms with van der Waals surface area (Å²) in [5.41, 5.74) is 34.7. The molecule has 21 N–H and O–H groups in total. The highest BCUT2D eigenvalue weighted by atomic mass is 16.4. The van der Waals surface area contributed by atoms with Crippen molar-refractivity contribution in [3.05, 3.63) is 71.8 Å². The first-order valence-electron chi connectivity index (χ1n) is 29.8. The normalized spacial score (nSPS) is 18.0. The van der Waals surface area contributed by atoms with Gasteiger partial charge >= 0.3 is 5.97 Å². The van der Waals surface area contributed by atoms with Crippen molar-refractivity contribution >= 4 is 77.0 Å². The molecule has 9 atom stereocenters. The minimum absolute atomic E-state index is 0.0304. The maximum atomic E-state index is 14.3. The number of nitrogens with one attached hydrogen (secondary N) is 6. The number of unbranched alkanes of at least 4 members (excludes halogenated alkanes) is 1. The topological polar surface area (TPSA) is 511 Å². The predicted octanol–water partition coefficient (Wildman–Crippen LogP) is -4.28. The lowest BCUT2D eigenvalue weighted by atomic mass is 10.0. The number of aliphatic carboxylic acids is 2. The monoisotopic (exact) mass is 1250 g/mol. The van der Waals surface area contributed by atoms with Crippen molar-refractivity contribution in [3.8, 4) is 0 Å². The van der Waals surface area contributed by atoms with Gasteiger partial charge in [0, 0.05) is 52.5 Å². The van der Waals surface area contributed by atoms with Gasteiger partial charge in [-0.1, -0.05) is 67.1 Å². The van der Waals surface area contributed by atoms with Crippen molar-refractivity contribution in [2.24, 2.45) is 44.4 Å². The fraction of sp³-hybridized carbons (Fsp3) is 0.569. The second kappa shape index (κ2) is 37.7. The second-order valence-corrected chi connectivity index (χ2v) is 21.9. The number of nitrogens with two attached hydrogens (primary N) is 6. The Kier molecular flexibility index (Phi) is 30.7. The molecule has 3 aliphatic rings. The molecule has 490 valence electrons. The van der Waals surface area contributed by atoms with Crippen LogP contribution in [0, 0.1) is 0 Å². The number of hydrogen-bond acceptors (Lipinski definition) is 16. The third-order valence-electron chi connectivity index (χ3n) is 15.0. The van der Waals surface area contributed by atoms with Crippen LogP contribution in [0.5, 0.6) is 0 Å². The third kappa shape index (κ3) is 24.3. The van der Waals surface area contributed by atoms with Crippen LogP contribution in [0.4, 0.5) is 0 Å². The van der Waals surface area contributed by atoms with Gasteiger partial charge in [0.15, 0.2) is 11.9 Å². The zero-order valence-corrected chi connectivity index (χ0v) is 50.3. The first-order valence-corrected chi connectivity index (χ1v) is 29.8. The quantitative estimate of drug-likeness (QED) is 0.0183. The average Bonchev–Trinajstić information content (AvgIpc) is 1.99. The van der Waals surface area contributed by atoms with Crippen molar-refractivity contribution in [1.82, 2.24) is 46.6 Å². The zero-order chi connectivity index (χ0) is 65.6. The number of aliphatic hydroxyl groups is 1. The number of benzene rings is 2. The van der Waals surface area contributed by atoms with Crippen molar-refractivity contribution in [3.63, 3.8) is 0 Å². The van der Waals surface area contributed by atoms with Crippen LogP contribution in [0.25, 0.3) is 0 Å². The van der Waals surface area contributed by atoms with Crippen molar-refractivity contribution in [1.29, 1.82) is 0 Å². The van der Waals surface area contributed by atoms with Gasteiger partial charge in [0.1, 0.15) is 48.3 Å². The van der Waals surface area contributed by atoms with E-state index in [1.54, 1.807) is 60.7 Å². The lowest BCUT2D eigenvalue weighted by Crippen LogP contribution is -2.60. The Hall–Kier alpha value is -8.97. The minimum Gasteiger partial charge on any atom is -0.481 e. The number of carbonyl (C=O) groups is 11. The molecule has 3 fully saturated rings. The molecule has 0 aromatic heterocycles. The summed E-state index contributed by atoms with van der Waals surface area (Å²) in [6.07, 6.45) is 4.09. The van der Waals surface area contributed by atoms with Gasteiger partial charge in [-0.05, 0) is 94.7 Å². The van der Waals surface area contributed by atoms with Crippen LogP contribution in [0.1, 0.15) is 102 Å². The number of nitrogens with zero attached hydrogens (tertiary/aromatic N) is 5. The maximum absolute atomic E-state index is 14.3. The molecule has 3 saturated heterocycles. The van der Waals surface area contributed by atoms with Gasteiger partial charge in [-0.15, -0.1) is 0 Å². The van der Waals surface area contributed by atoms with Gasteiger partial charge in [-0.25, -0.2) is 4.79 Å². The Labute approximate surface area is 516 Å². The number of carboxylic acid groups (broad SMARTS) is 2. The molecule has 0 aliphatic carbocycles. The molecule has 9 unspecified atom stereocenters. The number of rotatable bonds is 33. The molecule has 3 aliphatic heterocycles. The number of likely N-dealkylation sites (tertiary alicyclic amines) is 3. The molecule has 31 nitrogen and oxygen atoms in total. The average molecular weight is 1250 g/mol. The molecule has 0 bridgehead atoms.